The first-order valence-electron chi connectivity index (χ1n) is 6.42. The summed E-state index contributed by atoms with van der Waals surface area (Å²) in [6, 6.07) is 8.74. The van der Waals surface area contributed by atoms with Crippen molar-refractivity contribution < 1.29 is 23.4 Å². The molecule has 0 aliphatic heterocycles. The molecule has 2 aromatic rings. The van der Waals surface area contributed by atoms with E-state index in [4.69, 9.17) is 9.47 Å². The van der Waals surface area contributed by atoms with E-state index < -0.39 is 23.5 Å². The van der Waals surface area contributed by atoms with Crippen LogP contribution >= 0.6 is 0 Å². The first-order chi connectivity index (χ1) is 10.0. The molecule has 0 saturated heterocycles. The highest BCUT2D eigenvalue weighted by molar-refractivity contribution is 5.38. The zero-order valence-corrected chi connectivity index (χ0v) is 11.8. The molecule has 0 aliphatic carbocycles. The van der Waals surface area contributed by atoms with Gasteiger partial charge in [-0.25, -0.2) is 8.78 Å². The van der Waals surface area contributed by atoms with Gasteiger partial charge >= 0.3 is 0 Å². The van der Waals surface area contributed by atoms with Crippen LogP contribution in [0.15, 0.2) is 36.4 Å². The van der Waals surface area contributed by atoms with Crippen LogP contribution in [0.5, 0.6) is 11.5 Å². The van der Waals surface area contributed by atoms with Crippen molar-refractivity contribution in [1.82, 2.24) is 0 Å². The summed E-state index contributed by atoms with van der Waals surface area (Å²) in [4.78, 5) is 0. The molecule has 3 nitrogen and oxygen atoms in total. The van der Waals surface area contributed by atoms with E-state index in [-0.39, 0.29) is 6.61 Å². The fourth-order valence-corrected chi connectivity index (χ4v) is 1.99. The van der Waals surface area contributed by atoms with E-state index in [1.165, 1.54) is 13.2 Å². The Morgan fingerprint density at radius 1 is 1.14 bits per heavy atom. The molecule has 0 fully saturated rings. The van der Waals surface area contributed by atoms with E-state index in [9.17, 15) is 13.9 Å². The van der Waals surface area contributed by atoms with Gasteiger partial charge in [-0.05, 0) is 31.2 Å². The number of hydrogen-bond acceptors (Lipinski definition) is 3. The molecule has 112 valence electrons. The third kappa shape index (κ3) is 3.49. The first-order valence-corrected chi connectivity index (χ1v) is 6.42. The summed E-state index contributed by atoms with van der Waals surface area (Å²) in [6.07, 6.45) is -1.06. The summed E-state index contributed by atoms with van der Waals surface area (Å²) in [5.74, 6) is -1.62. The third-order valence-corrected chi connectivity index (χ3v) is 3.05. The molecule has 0 saturated carbocycles. The Hall–Kier alpha value is -2.14. The van der Waals surface area contributed by atoms with E-state index in [2.05, 4.69) is 0 Å². The van der Waals surface area contributed by atoms with Crippen LogP contribution in [0.1, 0.15) is 17.2 Å². The third-order valence-electron chi connectivity index (χ3n) is 3.05. The molecule has 1 unspecified atom stereocenters. The van der Waals surface area contributed by atoms with Crippen LogP contribution in [0.2, 0.25) is 0 Å². The number of aliphatic hydroxyl groups is 1. The quantitative estimate of drug-likeness (QED) is 0.918. The van der Waals surface area contributed by atoms with Gasteiger partial charge in [0.25, 0.3) is 0 Å². The Labute approximate surface area is 121 Å². The van der Waals surface area contributed by atoms with Crippen molar-refractivity contribution in [1.29, 1.82) is 0 Å². The molecule has 0 heterocycles. The maximum atomic E-state index is 13.4. The Bertz CT molecular complexity index is 609. The number of ether oxygens (including phenoxy) is 2. The van der Waals surface area contributed by atoms with Gasteiger partial charge in [-0.2, -0.15) is 0 Å². The number of benzene rings is 2. The lowest BCUT2D eigenvalue weighted by Crippen LogP contribution is -2.12. The molecular weight excluding hydrogens is 278 g/mol. The average Bonchev–Trinajstić information content (AvgIpc) is 2.46. The lowest BCUT2D eigenvalue weighted by atomic mass is 10.1. The average molecular weight is 294 g/mol. The van der Waals surface area contributed by atoms with Crippen molar-refractivity contribution in [2.75, 3.05) is 13.7 Å². The van der Waals surface area contributed by atoms with Crippen LogP contribution in [-0.4, -0.2) is 18.8 Å². The fraction of sp³-hybridized carbons (Fsp3) is 0.250. The number of aliphatic hydroxyl groups excluding tert-OH is 1. The van der Waals surface area contributed by atoms with Crippen LogP contribution in [0, 0.1) is 18.6 Å². The molecular formula is C16H16F2O3. The van der Waals surface area contributed by atoms with E-state index >= 15 is 0 Å². The zero-order chi connectivity index (χ0) is 15.4. The first kappa shape index (κ1) is 15.3. The number of methoxy groups -OCH3 is 1. The molecule has 0 radical (unpaired) electrons. The normalized spacial score (nSPS) is 12.0. The fourth-order valence-electron chi connectivity index (χ4n) is 1.99. The highest BCUT2D eigenvalue weighted by Crippen LogP contribution is 2.28. The van der Waals surface area contributed by atoms with Gasteiger partial charge in [0.1, 0.15) is 18.5 Å². The SMILES string of the molecule is COc1ccc(C)cc1C(O)COc1c(F)cccc1F. The second-order valence-electron chi connectivity index (χ2n) is 4.62. The van der Waals surface area contributed by atoms with E-state index in [1.54, 1.807) is 12.1 Å². The van der Waals surface area contributed by atoms with Crippen molar-refractivity contribution in [3.63, 3.8) is 0 Å². The summed E-state index contributed by atoms with van der Waals surface area (Å²) in [6.45, 7) is 1.59. The van der Waals surface area contributed by atoms with Crippen molar-refractivity contribution in [3.05, 3.63) is 59.2 Å². The number of hydrogen-bond donors (Lipinski definition) is 1. The van der Waals surface area contributed by atoms with Crippen LogP contribution in [0.25, 0.3) is 0 Å². The Balaban J connectivity index is 2.15. The molecule has 1 atom stereocenters. The minimum atomic E-state index is -1.06. The lowest BCUT2D eigenvalue weighted by Gasteiger charge is -2.16. The number of halogens is 2. The Kier molecular flexibility index (Phi) is 4.75. The lowest BCUT2D eigenvalue weighted by molar-refractivity contribution is 0.101. The van der Waals surface area contributed by atoms with Gasteiger partial charge in [0, 0.05) is 5.56 Å². The van der Waals surface area contributed by atoms with Crippen molar-refractivity contribution >= 4 is 0 Å². The van der Waals surface area contributed by atoms with E-state index in [1.807, 2.05) is 13.0 Å². The van der Waals surface area contributed by atoms with E-state index in [0.29, 0.717) is 11.3 Å². The molecule has 0 amide bonds. The topological polar surface area (TPSA) is 38.7 Å². The molecule has 0 bridgehead atoms. The van der Waals surface area contributed by atoms with Gasteiger partial charge in [-0.1, -0.05) is 17.7 Å². The molecule has 0 aromatic heterocycles. The van der Waals surface area contributed by atoms with Crippen LogP contribution in [0.4, 0.5) is 8.78 Å². The van der Waals surface area contributed by atoms with E-state index in [0.717, 1.165) is 17.7 Å². The zero-order valence-electron chi connectivity index (χ0n) is 11.8. The minimum absolute atomic E-state index is 0.280. The van der Waals surface area contributed by atoms with Crippen molar-refractivity contribution in [2.24, 2.45) is 0 Å². The molecule has 1 N–H and O–H groups in total. The molecule has 0 spiro atoms. The van der Waals surface area contributed by atoms with Crippen molar-refractivity contribution in [2.45, 2.75) is 13.0 Å². The smallest absolute Gasteiger partial charge is 0.190 e. The second-order valence-corrected chi connectivity index (χ2v) is 4.62. The summed E-state index contributed by atoms with van der Waals surface area (Å²) < 4.78 is 37.1. The molecule has 2 aromatic carbocycles. The number of aryl methyl sites for hydroxylation is 1. The van der Waals surface area contributed by atoms with Gasteiger partial charge in [0.05, 0.1) is 7.11 Å². The summed E-state index contributed by atoms with van der Waals surface area (Å²) in [5.41, 5.74) is 1.44. The predicted molar refractivity (Wildman–Crippen MR) is 74.5 cm³/mol. The monoisotopic (exact) mass is 294 g/mol. The standard InChI is InChI=1S/C16H16F2O3/c1-10-6-7-15(20-2)11(8-10)14(19)9-21-16-12(17)4-3-5-13(16)18/h3-8,14,19H,9H2,1-2H3. The highest BCUT2D eigenvalue weighted by Gasteiger charge is 2.17. The Morgan fingerprint density at radius 3 is 2.43 bits per heavy atom. The largest absolute Gasteiger partial charge is 0.496 e. The molecule has 0 aliphatic rings. The second kappa shape index (κ2) is 6.54. The minimum Gasteiger partial charge on any atom is -0.496 e. The van der Waals surface area contributed by atoms with Gasteiger partial charge in [0.15, 0.2) is 17.4 Å². The molecule has 21 heavy (non-hydrogen) atoms. The van der Waals surface area contributed by atoms with Gasteiger partial charge in [-0.15, -0.1) is 0 Å². The van der Waals surface area contributed by atoms with Crippen LogP contribution in [-0.2, 0) is 0 Å². The maximum absolute atomic E-state index is 13.4. The van der Waals surface area contributed by atoms with Crippen LogP contribution in [0.3, 0.4) is 0 Å². The summed E-state index contributed by atoms with van der Waals surface area (Å²) in [7, 11) is 1.48. The number of rotatable bonds is 5. The maximum Gasteiger partial charge on any atom is 0.190 e. The highest BCUT2D eigenvalue weighted by atomic mass is 19.1. The van der Waals surface area contributed by atoms with Gasteiger partial charge in [-0.3, -0.25) is 0 Å². The Morgan fingerprint density at radius 2 is 1.81 bits per heavy atom. The summed E-state index contributed by atoms with van der Waals surface area (Å²) >= 11 is 0. The molecule has 5 heteroatoms. The molecule has 2 rings (SSSR count). The van der Waals surface area contributed by atoms with Crippen LogP contribution < -0.4 is 9.47 Å². The van der Waals surface area contributed by atoms with Gasteiger partial charge < -0.3 is 14.6 Å². The van der Waals surface area contributed by atoms with Crippen molar-refractivity contribution in [3.8, 4) is 11.5 Å². The number of para-hydroxylation sites is 1. The summed E-state index contributed by atoms with van der Waals surface area (Å²) in [5, 5.41) is 10.2. The van der Waals surface area contributed by atoms with Gasteiger partial charge in [0.2, 0.25) is 0 Å². The predicted octanol–water partition coefficient (Wildman–Crippen LogP) is 3.39.